The maximum atomic E-state index is 14.3. The first-order valence-corrected chi connectivity index (χ1v) is 27.1. The number of aliphatic hydroxyl groups is 1. The van der Waals surface area contributed by atoms with Crippen molar-refractivity contribution in [2.45, 2.75) is 128 Å². The number of carbonyl (C=O) groups is 3. The van der Waals surface area contributed by atoms with Gasteiger partial charge in [-0.25, -0.2) is 15.0 Å². The molecule has 4 aliphatic heterocycles. The van der Waals surface area contributed by atoms with Gasteiger partial charge in [0.15, 0.2) is 5.82 Å². The quantitative estimate of drug-likeness (QED) is 0.0874. The molecule has 7 heterocycles. The summed E-state index contributed by atoms with van der Waals surface area (Å²) in [5, 5.41) is 35.8. The zero-order valence-electron chi connectivity index (χ0n) is 42.5. The van der Waals surface area contributed by atoms with Crippen LogP contribution in [0.25, 0.3) is 21.7 Å². The number of nitrogens with one attached hydrogen (secondary N) is 2. The summed E-state index contributed by atoms with van der Waals surface area (Å²) in [5.74, 6) is 1.29. The van der Waals surface area contributed by atoms with Crippen LogP contribution in [0.5, 0.6) is 5.75 Å². The highest BCUT2D eigenvalue weighted by Gasteiger charge is 2.46. The SMILES string of the molecule is Cc1ncsc1-c1ccc(CNC(=O)[C@@H]2C[C@@H](O)CN2C(=O)[C@@H](NC(=O)[C@H]2CC[C@@H](CN3CCC(c4cnc(N5C6CCC5CN(c5cc(-c7ccccc7O)nnc5N)C6)nc4)CC3)CC2)C(C)(C)C)cc1. The molecule has 18 heteroatoms. The number of thiazole rings is 1. The normalized spacial score (nSPS) is 24.2. The molecule has 4 saturated heterocycles. The van der Waals surface area contributed by atoms with Gasteiger partial charge in [0, 0.05) is 75.1 Å². The molecule has 5 aliphatic rings. The van der Waals surface area contributed by atoms with Crippen LogP contribution in [-0.4, -0.2) is 132 Å². The number of phenols is 1. The molecule has 0 radical (unpaired) electrons. The molecule has 17 nitrogen and oxygen atoms in total. The van der Waals surface area contributed by atoms with E-state index in [2.05, 4.69) is 40.5 Å². The maximum absolute atomic E-state index is 14.3. The van der Waals surface area contributed by atoms with Crippen LogP contribution in [0.1, 0.15) is 101 Å². The van der Waals surface area contributed by atoms with Crippen LogP contribution in [0.4, 0.5) is 17.5 Å². The lowest BCUT2D eigenvalue weighted by Crippen LogP contribution is -2.58. The number of aryl methyl sites for hydroxylation is 1. The Labute approximate surface area is 432 Å². The standard InChI is InChI=1S/C55H70N12O5S/c1-33-48(73-32-60-33)37-13-9-34(10-14-37)25-57-52(71)46-23-42(68)31-66(46)53(72)49(55(2,3)4)61-51(70)38-15-11-35(12-16-38)28-64-21-19-36(20-22-64)39-26-58-54(59-27-39)67-40-17-18-41(67)30-65(29-40)45-24-44(62-63-50(45)56)43-7-5-6-8-47(43)69/h5-10,13-14,24,26-27,32,35-36,38,40-42,46,49,68-69H,11-12,15-23,25,28-31H2,1-4H3,(H2,56,63)(H,57,71)(H,61,70)/t35-,38+,40?,41?,42-,46+,49-/m1/s1. The van der Waals surface area contributed by atoms with Crippen LogP contribution in [0.3, 0.4) is 0 Å². The lowest BCUT2D eigenvalue weighted by Gasteiger charge is -2.42. The number of piperazine rings is 1. The Morgan fingerprint density at radius 3 is 2.22 bits per heavy atom. The van der Waals surface area contributed by atoms with Crippen LogP contribution < -0.4 is 26.2 Å². The molecule has 1 aliphatic carbocycles. The zero-order chi connectivity index (χ0) is 51.0. The van der Waals surface area contributed by atoms with Crippen LogP contribution in [-0.2, 0) is 20.9 Å². The number of hydrogen-bond donors (Lipinski definition) is 5. The fourth-order valence-corrected chi connectivity index (χ4v) is 12.8. The van der Waals surface area contributed by atoms with Crippen molar-refractivity contribution in [3.8, 4) is 27.4 Å². The number of phenolic OH excluding ortho intramolecular Hbond substituents is 1. The van der Waals surface area contributed by atoms with E-state index in [9.17, 15) is 24.6 Å². The molecule has 2 bridgehead atoms. The Morgan fingerprint density at radius 2 is 1.56 bits per heavy atom. The molecule has 3 aromatic heterocycles. The van der Waals surface area contributed by atoms with E-state index in [1.807, 2.05) is 88.1 Å². The molecule has 6 N–H and O–H groups in total. The molecule has 386 valence electrons. The molecule has 5 aromatic rings. The van der Waals surface area contributed by atoms with Crippen LogP contribution in [0, 0.1) is 24.2 Å². The average Bonchev–Trinajstić information content (AvgIpc) is 4.08. The number of β-amino-alcohol motifs (C(OH)–C–C–N with tert-alkyl or cyclic N) is 1. The Morgan fingerprint density at radius 1 is 0.863 bits per heavy atom. The Balaban J connectivity index is 0.670. The van der Waals surface area contributed by atoms with Gasteiger partial charge in [-0.15, -0.1) is 21.5 Å². The predicted octanol–water partition coefficient (Wildman–Crippen LogP) is 6.31. The second-order valence-electron chi connectivity index (χ2n) is 22.2. The average molecular weight is 1010 g/mol. The van der Waals surface area contributed by atoms with Gasteiger partial charge in [0.25, 0.3) is 0 Å². The van der Waals surface area contributed by atoms with Gasteiger partial charge in [-0.2, -0.15) is 0 Å². The third-order valence-corrected chi connectivity index (χ3v) is 17.2. The molecule has 5 atom stereocenters. The smallest absolute Gasteiger partial charge is 0.246 e. The minimum atomic E-state index is -0.848. The zero-order valence-corrected chi connectivity index (χ0v) is 43.3. The number of nitrogens with zero attached hydrogens (tertiary/aromatic N) is 9. The van der Waals surface area contributed by atoms with E-state index in [1.54, 1.807) is 23.5 Å². The number of benzene rings is 2. The summed E-state index contributed by atoms with van der Waals surface area (Å²) in [6, 6.07) is 15.9. The van der Waals surface area contributed by atoms with Crippen molar-refractivity contribution in [3.05, 3.63) is 89.3 Å². The van der Waals surface area contributed by atoms with E-state index in [0.717, 1.165) is 117 Å². The lowest BCUT2D eigenvalue weighted by atomic mass is 9.80. The lowest BCUT2D eigenvalue weighted by molar-refractivity contribution is -0.144. The van der Waals surface area contributed by atoms with Crippen molar-refractivity contribution in [1.29, 1.82) is 0 Å². The van der Waals surface area contributed by atoms with E-state index in [-0.39, 0.29) is 61.0 Å². The van der Waals surface area contributed by atoms with Crippen molar-refractivity contribution < 1.29 is 24.6 Å². The number of para-hydroxylation sites is 1. The van der Waals surface area contributed by atoms with E-state index in [0.29, 0.717) is 28.9 Å². The number of anilines is 3. The predicted molar refractivity (Wildman–Crippen MR) is 283 cm³/mol. The number of piperidine rings is 1. The minimum Gasteiger partial charge on any atom is -0.507 e. The summed E-state index contributed by atoms with van der Waals surface area (Å²) < 4.78 is 0. The largest absolute Gasteiger partial charge is 0.507 e. The number of amides is 3. The summed E-state index contributed by atoms with van der Waals surface area (Å²) in [6.07, 6.45) is 11.0. The number of nitrogen functional groups attached to an aromatic ring is 1. The van der Waals surface area contributed by atoms with Gasteiger partial charge in [0.1, 0.15) is 17.8 Å². The van der Waals surface area contributed by atoms with Gasteiger partial charge in [0.05, 0.1) is 33.6 Å². The third kappa shape index (κ3) is 11.0. The minimum absolute atomic E-state index is 0.0410. The van der Waals surface area contributed by atoms with Crippen molar-refractivity contribution in [2.75, 3.05) is 54.8 Å². The monoisotopic (exact) mass is 1010 g/mol. The number of hydrogen-bond acceptors (Lipinski definition) is 15. The highest BCUT2D eigenvalue weighted by atomic mass is 32.1. The number of aliphatic hydroxyl groups excluding tert-OH is 1. The van der Waals surface area contributed by atoms with Gasteiger partial charge in [-0.1, -0.05) is 57.2 Å². The van der Waals surface area contributed by atoms with Crippen LogP contribution in [0.2, 0.25) is 0 Å². The molecule has 10 rings (SSSR count). The van der Waals surface area contributed by atoms with Gasteiger partial charge < -0.3 is 46.2 Å². The Bertz CT molecular complexity index is 2740. The number of likely N-dealkylation sites (tertiary alicyclic amines) is 2. The first-order valence-electron chi connectivity index (χ1n) is 26.2. The summed E-state index contributed by atoms with van der Waals surface area (Å²) in [7, 11) is 0. The fourth-order valence-electron chi connectivity index (χ4n) is 12.0. The second-order valence-corrected chi connectivity index (χ2v) is 23.1. The number of nitrogens with two attached hydrogens (primary N) is 1. The van der Waals surface area contributed by atoms with E-state index >= 15 is 0 Å². The summed E-state index contributed by atoms with van der Waals surface area (Å²) in [4.78, 5) is 66.0. The van der Waals surface area contributed by atoms with Crippen LogP contribution in [0.15, 0.2) is 72.5 Å². The molecule has 2 aromatic carbocycles. The molecular weight excluding hydrogens is 941 g/mol. The van der Waals surface area contributed by atoms with E-state index in [1.165, 1.54) is 10.5 Å². The number of aromatic nitrogens is 5. The van der Waals surface area contributed by atoms with Crippen LogP contribution >= 0.6 is 11.3 Å². The summed E-state index contributed by atoms with van der Waals surface area (Å²) >= 11 is 1.59. The maximum Gasteiger partial charge on any atom is 0.246 e. The highest BCUT2D eigenvalue weighted by molar-refractivity contribution is 7.13. The highest BCUT2D eigenvalue weighted by Crippen LogP contribution is 2.39. The third-order valence-electron chi connectivity index (χ3n) is 16.2. The van der Waals surface area contributed by atoms with Gasteiger partial charge >= 0.3 is 0 Å². The molecule has 0 spiro atoms. The molecule has 2 unspecified atom stereocenters. The van der Waals surface area contributed by atoms with Crippen molar-refractivity contribution in [3.63, 3.8) is 0 Å². The Kier molecular flexibility index (Phi) is 14.7. The first-order chi connectivity index (χ1) is 35.2. The number of fused-ring (bicyclic) bond motifs is 2. The summed E-state index contributed by atoms with van der Waals surface area (Å²) in [5.41, 5.74) is 13.8. The Hall–Kier alpha value is -6.24. The van der Waals surface area contributed by atoms with Gasteiger partial charge in [-0.3, -0.25) is 14.4 Å². The second kappa shape index (κ2) is 21.3. The molecule has 73 heavy (non-hydrogen) atoms. The number of carbonyl (C=O) groups excluding carboxylic acids is 3. The number of aromatic hydroxyl groups is 1. The molecule has 5 fully saturated rings. The fraction of sp³-hybridized carbons (Fsp3) is 0.527. The van der Waals surface area contributed by atoms with Gasteiger partial charge in [-0.05, 0) is 124 Å². The first kappa shape index (κ1) is 50.3. The van der Waals surface area contributed by atoms with Gasteiger partial charge in [0.2, 0.25) is 23.7 Å². The van der Waals surface area contributed by atoms with Crippen molar-refractivity contribution >= 4 is 46.5 Å². The van der Waals surface area contributed by atoms with Crippen molar-refractivity contribution in [2.24, 2.45) is 17.3 Å². The molecule has 1 saturated carbocycles. The van der Waals surface area contributed by atoms with E-state index in [4.69, 9.17) is 15.7 Å². The van der Waals surface area contributed by atoms with E-state index < -0.39 is 23.6 Å². The summed E-state index contributed by atoms with van der Waals surface area (Å²) in [6.45, 7) is 12.7. The number of rotatable bonds is 13. The topological polar surface area (TPSA) is 219 Å². The van der Waals surface area contributed by atoms with Crippen molar-refractivity contribution in [1.82, 2.24) is 45.6 Å². The molecular formula is C55H70N12O5S. The molecule has 3 amide bonds.